The van der Waals surface area contributed by atoms with Gasteiger partial charge in [-0.05, 0) is 56.3 Å². The highest BCUT2D eigenvalue weighted by molar-refractivity contribution is 6.02. The molecule has 1 heterocycles. The first-order valence-electron chi connectivity index (χ1n) is 8.88. The third kappa shape index (κ3) is 4.40. The van der Waals surface area contributed by atoms with Crippen LogP contribution in [0.15, 0.2) is 65.3 Å². The van der Waals surface area contributed by atoms with Gasteiger partial charge in [0.1, 0.15) is 5.75 Å². The standard InChI is InChI=1S/C22H22N2O4/c1-14-6-11-19(27-3)18(13-14)15(2)23-21(25)16-7-9-17(10-8-16)24-22(26)20-5-4-12-28-20/h4-13,15H,1-3H3,(H,23,25)(H,24,26)/t15-/m1/s1. The lowest BCUT2D eigenvalue weighted by atomic mass is 10.0. The average molecular weight is 378 g/mol. The van der Waals surface area contributed by atoms with Gasteiger partial charge >= 0.3 is 0 Å². The van der Waals surface area contributed by atoms with Gasteiger partial charge in [0.2, 0.25) is 0 Å². The van der Waals surface area contributed by atoms with Crippen molar-refractivity contribution in [2.45, 2.75) is 19.9 Å². The van der Waals surface area contributed by atoms with Crippen molar-refractivity contribution in [3.05, 3.63) is 83.3 Å². The summed E-state index contributed by atoms with van der Waals surface area (Å²) in [7, 11) is 1.61. The van der Waals surface area contributed by atoms with Crippen molar-refractivity contribution in [3.8, 4) is 5.75 Å². The highest BCUT2D eigenvalue weighted by atomic mass is 16.5. The quantitative estimate of drug-likeness (QED) is 0.669. The molecule has 0 unspecified atom stereocenters. The van der Waals surface area contributed by atoms with Crippen molar-refractivity contribution < 1.29 is 18.7 Å². The van der Waals surface area contributed by atoms with E-state index in [1.54, 1.807) is 43.5 Å². The Morgan fingerprint density at radius 2 is 1.79 bits per heavy atom. The van der Waals surface area contributed by atoms with Gasteiger partial charge in [-0.2, -0.15) is 0 Å². The van der Waals surface area contributed by atoms with Crippen molar-refractivity contribution in [1.82, 2.24) is 5.32 Å². The van der Waals surface area contributed by atoms with E-state index < -0.39 is 0 Å². The predicted octanol–water partition coefficient (Wildman–Crippen LogP) is 4.34. The van der Waals surface area contributed by atoms with Crippen molar-refractivity contribution in [1.29, 1.82) is 0 Å². The van der Waals surface area contributed by atoms with E-state index in [0.717, 1.165) is 16.9 Å². The van der Waals surface area contributed by atoms with Crippen molar-refractivity contribution >= 4 is 17.5 Å². The monoisotopic (exact) mass is 378 g/mol. The molecule has 0 spiro atoms. The lowest BCUT2D eigenvalue weighted by Gasteiger charge is -2.18. The lowest BCUT2D eigenvalue weighted by molar-refractivity contribution is 0.0938. The van der Waals surface area contributed by atoms with Gasteiger partial charge < -0.3 is 19.8 Å². The molecule has 0 aliphatic carbocycles. The Balaban J connectivity index is 1.66. The number of ether oxygens (including phenoxy) is 1. The Bertz CT molecular complexity index is 963. The first-order valence-corrected chi connectivity index (χ1v) is 8.88. The topological polar surface area (TPSA) is 80.6 Å². The Kier molecular flexibility index (Phi) is 5.79. The molecule has 0 radical (unpaired) electrons. The van der Waals surface area contributed by atoms with Gasteiger partial charge in [0.05, 0.1) is 19.4 Å². The second-order valence-electron chi connectivity index (χ2n) is 6.45. The highest BCUT2D eigenvalue weighted by Crippen LogP contribution is 2.26. The van der Waals surface area contributed by atoms with Crippen LogP contribution in [0.1, 0.15) is 45.0 Å². The maximum absolute atomic E-state index is 12.6. The number of methoxy groups -OCH3 is 1. The Labute approximate surface area is 163 Å². The highest BCUT2D eigenvalue weighted by Gasteiger charge is 2.16. The number of amides is 2. The molecule has 0 fully saturated rings. The summed E-state index contributed by atoms with van der Waals surface area (Å²) in [6, 6.07) is 15.5. The SMILES string of the molecule is COc1ccc(C)cc1[C@@H](C)NC(=O)c1ccc(NC(=O)c2ccco2)cc1. The number of nitrogens with one attached hydrogen (secondary N) is 2. The van der Waals surface area contributed by atoms with Gasteiger partial charge in [0, 0.05) is 16.8 Å². The fraction of sp³-hybridized carbons (Fsp3) is 0.182. The molecular formula is C22H22N2O4. The van der Waals surface area contributed by atoms with Crippen LogP contribution in [0.5, 0.6) is 5.75 Å². The Morgan fingerprint density at radius 1 is 1.04 bits per heavy atom. The number of rotatable bonds is 6. The van der Waals surface area contributed by atoms with E-state index in [1.807, 2.05) is 32.0 Å². The largest absolute Gasteiger partial charge is 0.496 e. The summed E-state index contributed by atoms with van der Waals surface area (Å²) >= 11 is 0. The van der Waals surface area contributed by atoms with Gasteiger partial charge in [-0.25, -0.2) is 0 Å². The van der Waals surface area contributed by atoms with E-state index in [1.165, 1.54) is 6.26 Å². The molecule has 2 aromatic carbocycles. The molecule has 0 saturated heterocycles. The van der Waals surface area contributed by atoms with Gasteiger partial charge in [-0.3, -0.25) is 9.59 Å². The lowest BCUT2D eigenvalue weighted by Crippen LogP contribution is -2.27. The van der Waals surface area contributed by atoms with E-state index in [2.05, 4.69) is 10.6 Å². The van der Waals surface area contributed by atoms with E-state index in [4.69, 9.17) is 9.15 Å². The van der Waals surface area contributed by atoms with E-state index in [0.29, 0.717) is 11.3 Å². The number of carbonyl (C=O) groups is 2. The van der Waals surface area contributed by atoms with Crippen LogP contribution < -0.4 is 15.4 Å². The first-order chi connectivity index (χ1) is 13.5. The summed E-state index contributed by atoms with van der Waals surface area (Å²) < 4.78 is 10.4. The summed E-state index contributed by atoms with van der Waals surface area (Å²) in [4.78, 5) is 24.6. The minimum absolute atomic E-state index is 0.208. The molecule has 3 aromatic rings. The van der Waals surface area contributed by atoms with Crippen molar-refractivity contribution in [2.24, 2.45) is 0 Å². The third-order valence-corrected chi connectivity index (χ3v) is 4.35. The number of furan rings is 1. The average Bonchev–Trinajstić information content (AvgIpc) is 3.23. The third-order valence-electron chi connectivity index (χ3n) is 4.35. The maximum Gasteiger partial charge on any atom is 0.291 e. The number of hydrogen-bond acceptors (Lipinski definition) is 4. The molecule has 6 heteroatoms. The molecule has 1 aromatic heterocycles. The summed E-state index contributed by atoms with van der Waals surface area (Å²) in [6.07, 6.45) is 1.44. The van der Waals surface area contributed by atoms with Crippen LogP contribution in [0.4, 0.5) is 5.69 Å². The predicted molar refractivity (Wildman–Crippen MR) is 107 cm³/mol. The zero-order valence-electron chi connectivity index (χ0n) is 16.0. The summed E-state index contributed by atoms with van der Waals surface area (Å²) in [5, 5.41) is 5.69. The van der Waals surface area contributed by atoms with Gasteiger partial charge in [0.25, 0.3) is 11.8 Å². The zero-order chi connectivity index (χ0) is 20.1. The fourth-order valence-electron chi connectivity index (χ4n) is 2.86. The van der Waals surface area contributed by atoms with Gasteiger partial charge in [-0.15, -0.1) is 0 Å². The molecule has 0 saturated carbocycles. The molecule has 6 nitrogen and oxygen atoms in total. The Hall–Kier alpha value is -3.54. The van der Waals surface area contributed by atoms with Crippen LogP contribution in [-0.4, -0.2) is 18.9 Å². The maximum atomic E-state index is 12.6. The van der Waals surface area contributed by atoms with Gasteiger partial charge in [0.15, 0.2) is 5.76 Å². The normalized spacial score (nSPS) is 11.5. The number of carbonyl (C=O) groups excluding carboxylic acids is 2. The fourth-order valence-corrected chi connectivity index (χ4v) is 2.86. The number of hydrogen-bond donors (Lipinski definition) is 2. The summed E-state index contributed by atoms with van der Waals surface area (Å²) in [5.41, 5.74) is 3.08. The molecule has 3 rings (SSSR count). The summed E-state index contributed by atoms with van der Waals surface area (Å²) in [5.74, 6) is 0.402. The zero-order valence-corrected chi connectivity index (χ0v) is 16.0. The first kappa shape index (κ1) is 19.2. The Morgan fingerprint density at radius 3 is 2.43 bits per heavy atom. The van der Waals surface area contributed by atoms with Crippen LogP contribution in [0.25, 0.3) is 0 Å². The van der Waals surface area contributed by atoms with Gasteiger partial charge in [-0.1, -0.05) is 17.7 Å². The number of aryl methyl sites for hydroxylation is 1. The van der Waals surface area contributed by atoms with Crippen LogP contribution in [0.2, 0.25) is 0 Å². The van der Waals surface area contributed by atoms with E-state index in [9.17, 15) is 9.59 Å². The van der Waals surface area contributed by atoms with E-state index >= 15 is 0 Å². The minimum Gasteiger partial charge on any atom is -0.496 e. The van der Waals surface area contributed by atoms with Crippen LogP contribution >= 0.6 is 0 Å². The molecule has 1 atom stereocenters. The van der Waals surface area contributed by atoms with Crippen molar-refractivity contribution in [3.63, 3.8) is 0 Å². The molecule has 28 heavy (non-hydrogen) atoms. The second-order valence-corrected chi connectivity index (χ2v) is 6.45. The molecule has 2 amide bonds. The molecule has 0 bridgehead atoms. The minimum atomic E-state index is -0.345. The summed E-state index contributed by atoms with van der Waals surface area (Å²) in [6.45, 7) is 3.90. The molecule has 144 valence electrons. The number of anilines is 1. The van der Waals surface area contributed by atoms with E-state index in [-0.39, 0.29) is 23.6 Å². The van der Waals surface area contributed by atoms with Crippen LogP contribution in [-0.2, 0) is 0 Å². The molecule has 0 aliphatic rings. The van der Waals surface area contributed by atoms with Crippen molar-refractivity contribution in [2.75, 3.05) is 12.4 Å². The number of benzene rings is 2. The molecule has 2 N–H and O–H groups in total. The smallest absolute Gasteiger partial charge is 0.291 e. The van der Waals surface area contributed by atoms with Crippen LogP contribution in [0.3, 0.4) is 0 Å². The van der Waals surface area contributed by atoms with Crippen LogP contribution in [0, 0.1) is 6.92 Å². The molecule has 0 aliphatic heterocycles. The second kappa shape index (κ2) is 8.43. The molecular weight excluding hydrogens is 356 g/mol.